The molecule has 0 aromatic heterocycles. The van der Waals surface area contributed by atoms with Crippen molar-refractivity contribution in [3.8, 4) is 11.1 Å². The minimum atomic E-state index is -1.39. The lowest BCUT2D eigenvalue weighted by molar-refractivity contribution is -0.167. The SMILES string of the molecule is CC(OCc1ccc(-c2ccc(Cl)cc2)cc1)(C(=O)O)c1ccccc1. The summed E-state index contributed by atoms with van der Waals surface area (Å²) in [5, 5.41) is 10.3. The van der Waals surface area contributed by atoms with Gasteiger partial charge in [0, 0.05) is 5.02 Å². The molecule has 4 heteroatoms. The molecule has 0 radical (unpaired) electrons. The van der Waals surface area contributed by atoms with E-state index < -0.39 is 11.6 Å². The Morgan fingerprint density at radius 2 is 1.46 bits per heavy atom. The van der Waals surface area contributed by atoms with E-state index in [1.165, 1.54) is 0 Å². The standard InChI is InChI=1S/C22H19ClO3/c1-22(21(24)25,19-5-3-2-4-6-19)26-15-16-7-9-17(10-8-16)18-11-13-20(23)14-12-18/h2-14H,15H2,1H3,(H,24,25). The first-order valence-electron chi connectivity index (χ1n) is 8.27. The van der Waals surface area contributed by atoms with Crippen LogP contribution in [0.4, 0.5) is 0 Å². The van der Waals surface area contributed by atoms with Gasteiger partial charge < -0.3 is 9.84 Å². The van der Waals surface area contributed by atoms with Gasteiger partial charge in [-0.3, -0.25) is 0 Å². The van der Waals surface area contributed by atoms with Gasteiger partial charge in [-0.05, 0) is 41.3 Å². The molecule has 1 atom stereocenters. The molecule has 26 heavy (non-hydrogen) atoms. The summed E-state index contributed by atoms with van der Waals surface area (Å²) in [5.41, 5.74) is 2.27. The average Bonchev–Trinajstić information content (AvgIpc) is 2.68. The summed E-state index contributed by atoms with van der Waals surface area (Å²) in [6.45, 7) is 1.78. The number of ether oxygens (including phenoxy) is 1. The molecule has 3 nitrogen and oxygen atoms in total. The van der Waals surface area contributed by atoms with Gasteiger partial charge in [0.1, 0.15) is 0 Å². The summed E-state index contributed by atoms with van der Waals surface area (Å²) >= 11 is 5.92. The molecular weight excluding hydrogens is 348 g/mol. The van der Waals surface area contributed by atoms with Crippen molar-refractivity contribution in [2.75, 3.05) is 0 Å². The van der Waals surface area contributed by atoms with Crippen LogP contribution in [0.25, 0.3) is 11.1 Å². The number of carboxylic acids is 1. The van der Waals surface area contributed by atoms with Crippen molar-refractivity contribution in [3.63, 3.8) is 0 Å². The summed E-state index contributed by atoms with van der Waals surface area (Å²) < 4.78 is 5.81. The maximum Gasteiger partial charge on any atom is 0.340 e. The second-order valence-corrected chi connectivity index (χ2v) is 6.63. The zero-order valence-corrected chi connectivity index (χ0v) is 15.1. The fourth-order valence-electron chi connectivity index (χ4n) is 2.69. The van der Waals surface area contributed by atoms with Gasteiger partial charge in [-0.2, -0.15) is 0 Å². The molecule has 0 bridgehead atoms. The number of rotatable bonds is 6. The molecule has 0 amide bonds. The third kappa shape index (κ3) is 3.96. The highest BCUT2D eigenvalue weighted by Crippen LogP contribution is 2.28. The van der Waals surface area contributed by atoms with E-state index in [0.29, 0.717) is 10.6 Å². The summed E-state index contributed by atoms with van der Waals surface area (Å²) in [5.74, 6) is -1.01. The van der Waals surface area contributed by atoms with Gasteiger partial charge in [0.05, 0.1) is 6.61 Å². The van der Waals surface area contributed by atoms with Gasteiger partial charge >= 0.3 is 5.97 Å². The van der Waals surface area contributed by atoms with E-state index in [9.17, 15) is 9.90 Å². The first-order valence-corrected chi connectivity index (χ1v) is 8.64. The first kappa shape index (κ1) is 18.2. The van der Waals surface area contributed by atoms with Crippen LogP contribution < -0.4 is 0 Å². The normalized spacial score (nSPS) is 13.2. The second-order valence-electron chi connectivity index (χ2n) is 6.20. The van der Waals surface area contributed by atoms with Crippen LogP contribution in [-0.4, -0.2) is 11.1 Å². The van der Waals surface area contributed by atoms with Crippen LogP contribution in [-0.2, 0) is 21.7 Å². The van der Waals surface area contributed by atoms with Crippen molar-refractivity contribution in [1.82, 2.24) is 0 Å². The number of carbonyl (C=O) groups is 1. The highest BCUT2D eigenvalue weighted by atomic mass is 35.5. The zero-order chi connectivity index (χ0) is 18.6. The molecule has 0 aliphatic heterocycles. The Morgan fingerprint density at radius 3 is 2.00 bits per heavy atom. The molecule has 1 unspecified atom stereocenters. The molecule has 3 rings (SSSR count). The van der Waals surface area contributed by atoms with E-state index in [-0.39, 0.29) is 6.61 Å². The van der Waals surface area contributed by atoms with E-state index in [0.717, 1.165) is 16.7 Å². The summed E-state index contributed by atoms with van der Waals surface area (Å²) in [6, 6.07) is 24.5. The van der Waals surface area contributed by atoms with Crippen molar-refractivity contribution in [3.05, 3.63) is 95.0 Å². The van der Waals surface area contributed by atoms with Gasteiger partial charge in [-0.1, -0.05) is 78.3 Å². The predicted octanol–water partition coefficient (Wildman–Crippen LogP) is 5.52. The maximum absolute atomic E-state index is 11.8. The monoisotopic (exact) mass is 366 g/mol. The van der Waals surface area contributed by atoms with Crippen molar-refractivity contribution in [2.24, 2.45) is 0 Å². The minimum Gasteiger partial charge on any atom is -0.479 e. The molecule has 3 aromatic rings. The zero-order valence-electron chi connectivity index (χ0n) is 14.4. The smallest absolute Gasteiger partial charge is 0.340 e. The summed E-state index contributed by atoms with van der Waals surface area (Å²) in [4.78, 5) is 11.8. The van der Waals surface area contributed by atoms with Crippen molar-refractivity contribution >= 4 is 17.6 Å². The second kappa shape index (κ2) is 7.73. The molecule has 0 spiro atoms. The highest BCUT2D eigenvalue weighted by Gasteiger charge is 2.36. The van der Waals surface area contributed by atoms with E-state index in [1.54, 1.807) is 31.2 Å². The fraction of sp³-hybridized carbons (Fsp3) is 0.136. The third-order valence-corrected chi connectivity index (χ3v) is 4.64. The van der Waals surface area contributed by atoms with Crippen LogP contribution in [0.1, 0.15) is 18.1 Å². The van der Waals surface area contributed by atoms with Crippen molar-refractivity contribution < 1.29 is 14.6 Å². The van der Waals surface area contributed by atoms with Crippen LogP contribution in [0, 0.1) is 0 Å². The first-order chi connectivity index (χ1) is 12.5. The summed E-state index contributed by atoms with van der Waals surface area (Å²) in [6.07, 6.45) is 0. The Kier molecular flexibility index (Phi) is 5.40. The minimum absolute atomic E-state index is 0.207. The molecule has 1 N–H and O–H groups in total. The van der Waals surface area contributed by atoms with Crippen LogP contribution in [0.15, 0.2) is 78.9 Å². The van der Waals surface area contributed by atoms with Crippen LogP contribution in [0.3, 0.4) is 0 Å². The molecule has 0 saturated carbocycles. The highest BCUT2D eigenvalue weighted by molar-refractivity contribution is 6.30. The lowest BCUT2D eigenvalue weighted by Gasteiger charge is -2.26. The number of carboxylic acid groups (broad SMARTS) is 1. The van der Waals surface area contributed by atoms with E-state index in [4.69, 9.17) is 16.3 Å². The Labute approximate surface area is 157 Å². The molecular formula is C22H19ClO3. The Balaban J connectivity index is 1.74. The summed E-state index contributed by atoms with van der Waals surface area (Å²) in [7, 11) is 0. The Morgan fingerprint density at radius 1 is 0.923 bits per heavy atom. The van der Waals surface area contributed by atoms with Crippen molar-refractivity contribution in [1.29, 1.82) is 0 Å². The number of benzene rings is 3. The molecule has 0 fully saturated rings. The molecule has 0 aliphatic rings. The number of halogens is 1. The van der Waals surface area contributed by atoms with Gasteiger partial charge in [0.2, 0.25) is 0 Å². The van der Waals surface area contributed by atoms with Crippen molar-refractivity contribution in [2.45, 2.75) is 19.1 Å². The Bertz CT molecular complexity index is 874. The quantitative estimate of drug-likeness (QED) is 0.624. The van der Waals surface area contributed by atoms with Gasteiger partial charge in [0.15, 0.2) is 5.60 Å². The van der Waals surface area contributed by atoms with Gasteiger partial charge in [-0.25, -0.2) is 4.79 Å². The molecule has 3 aromatic carbocycles. The molecule has 0 heterocycles. The average molecular weight is 367 g/mol. The third-order valence-electron chi connectivity index (χ3n) is 4.39. The van der Waals surface area contributed by atoms with Gasteiger partial charge in [-0.15, -0.1) is 0 Å². The van der Waals surface area contributed by atoms with E-state index in [2.05, 4.69) is 0 Å². The van der Waals surface area contributed by atoms with Gasteiger partial charge in [0.25, 0.3) is 0 Å². The topological polar surface area (TPSA) is 46.5 Å². The lowest BCUT2D eigenvalue weighted by atomic mass is 9.96. The van der Waals surface area contributed by atoms with E-state index in [1.807, 2.05) is 54.6 Å². The number of hydrogen-bond donors (Lipinski definition) is 1. The maximum atomic E-state index is 11.8. The molecule has 132 valence electrons. The van der Waals surface area contributed by atoms with Crippen LogP contribution >= 0.6 is 11.6 Å². The van der Waals surface area contributed by atoms with Crippen LogP contribution in [0.5, 0.6) is 0 Å². The Hall–Kier alpha value is -2.62. The lowest BCUT2D eigenvalue weighted by Crippen LogP contribution is -2.35. The molecule has 0 saturated heterocycles. The fourth-order valence-corrected chi connectivity index (χ4v) is 2.81. The van der Waals surface area contributed by atoms with Crippen LogP contribution in [0.2, 0.25) is 5.02 Å². The largest absolute Gasteiger partial charge is 0.479 e. The number of aliphatic carboxylic acids is 1. The van der Waals surface area contributed by atoms with E-state index >= 15 is 0 Å². The molecule has 0 aliphatic carbocycles. The number of hydrogen-bond acceptors (Lipinski definition) is 2. The predicted molar refractivity (Wildman–Crippen MR) is 103 cm³/mol.